The van der Waals surface area contributed by atoms with E-state index in [0.717, 1.165) is 0 Å². The number of hydrogen-bond acceptors (Lipinski definition) is 3. The number of amides is 2. The summed E-state index contributed by atoms with van der Waals surface area (Å²) in [4.78, 5) is 34.4. The molecule has 0 spiro atoms. The van der Waals surface area contributed by atoms with Crippen molar-refractivity contribution in [1.82, 2.24) is 5.32 Å². The maximum atomic E-state index is 11.9. The van der Waals surface area contributed by atoms with Crippen molar-refractivity contribution in [3.8, 4) is 0 Å². The van der Waals surface area contributed by atoms with Crippen LogP contribution in [0.2, 0.25) is 5.02 Å². The van der Waals surface area contributed by atoms with Crippen LogP contribution in [0.1, 0.15) is 24.2 Å². The number of anilines is 1. The molecule has 0 saturated carbocycles. The standard InChI is InChI=1S/C14H15ClN2O4/c1-7(8(2)14(20)21)12(18)17-9-4-5-11(15)10(6-9)13(19)16-3/h4-6H,1-3H3,(H,16,19)(H,17,18)(H,20,21). The van der Waals surface area contributed by atoms with Crippen LogP contribution < -0.4 is 10.6 Å². The number of carbonyl (C=O) groups is 3. The summed E-state index contributed by atoms with van der Waals surface area (Å²) in [6, 6.07) is 4.42. The number of halogens is 1. The smallest absolute Gasteiger partial charge is 0.331 e. The van der Waals surface area contributed by atoms with E-state index in [1.807, 2.05) is 0 Å². The van der Waals surface area contributed by atoms with E-state index >= 15 is 0 Å². The number of rotatable bonds is 4. The molecule has 0 aromatic heterocycles. The number of carboxylic acid groups (broad SMARTS) is 1. The molecule has 2 amide bonds. The molecule has 0 aliphatic heterocycles. The summed E-state index contributed by atoms with van der Waals surface area (Å²) in [6.45, 7) is 2.75. The number of nitrogens with one attached hydrogen (secondary N) is 2. The van der Waals surface area contributed by atoms with Gasteiger partial charge in [0.05, 0.1) is 10.6 Å². The number of benzene rings is 1. The lowest BCUT2D eigenvalue weighted by Crippen LogP contribution is -2.19. The van der Waals surface area contributed by atoms with Gasteiger partial charge in [-0.3, -0.25) is 9.59 Å². The molecule has 0 fully saturated rings. The maximum absolute atomic E-state index is 11.9. The zero-order valence-corrected chi connectivity index (χ0v) is 12.5. The van der Waals surface area contributed by atoms with Gasteiger partial charge < -0.3 is 15.7 Å². The van der Waals surface area contributed by atoms with E-state index in [2.05, 4.69) is 10.6 Å². The van der Waals surface area contributed by atoms with Crippen LogP contribution in [-0.2, 0) is 9.59 Å². The Balaban J connectivity index is 3.04. The molecule has 0 heterocycles. The molecule has 7 heteroatoms. The Morgan fingerprint density at radius 1 is 1.14 bits per heavy atom. The van der Waals surface area contributed by atoms with E-state index in [0.29, 0.717) is 5.69 Å². The van der Waals surface area contributed by atoms with Crippen LogP contribution in [0.3, 0.4) is 0 Å². The van der Waals surface area contributed by atoms with Gasteiger partial charge in [0.15, 0.2) is 0 Å². The average Bonchev–Trinajstić information content (AvgIpc) is 2.46. The minimum Gasteiger partial charge on any atom is -0.478 e. The van der Waals surface area contributed by atoms with Gasteiger partial charge in [0.2, 0.25) is 0 Å². The summed E-state index contributed by atoms with van der Waals surface area (Å²) in [5.41, 5.74) is 0.598. The second kappa shape index (κ2) is 6.90. The highest BCUT2D eigenvalue weighted by Crippen LogP contribution is 2.21. The van der Waals surface area contributed by atoms with Gasteiger partial charge in [-0.05, 0) is 32.0 Å². The minimum absolute atomic E-state index is 0.0482. The Kier molecular flexibility index (Phi) is 5.49. The van der Waals surface area contributed by atoms with Crippen molar-refractivity contribution in [3.63, 3.8) is 0 Å². The van der Waals surface area contributed by atoms with E-state index in [9.17, 15) is 14.4 Å². The number of carboxylic acids is 1. The van der Waals surface area contributed by atoms with Crippen molar-refractivity contribution in [2.24, 2.45) is 0 Å². The molecule has 112 valence electrons. The van der Waals surface area contributed by atoms with Gasteiger partial charge in [-0.2, -0.15) is 0 Å². The lowest BCUT2D eigenvalue weighted by molar-refractivity contribution is -0.133. The zero-order chi connectivity index (χ0) is 16.2. The van der Waals surface area contributed by atoms with Crippen molar-refractivity contribution >= 4 is 35.1 Å². The molecule has 0 aliphatic carbocycles. The third-order valence-electron chi connectivity index (χ3n) is 2.92. The van der Waals surface area contributed by atoms with Gasteiger partial charge in [-0.15, -0.1) is 0 Å². The summed E-state index contributed by atoms with van der Waals surface area (Å²) in [5.74, 6) is -2.10. The maximum Gasteiger partial charge on any atom is 0.331 e. The predicted molar refractivity (Wildman–Crippen MR) is 79.5 cm³/mol. The molecule has 0 saturated heterocycles. The fourth-order valence-corrected chi connectivity index (χ4v) is 1.67. The van der Waals surface area contributed by atoms with Gasteiger partial charge in [-0.25, -0.2) is 4.79 Å². The van der Waals surface area contributed by atoms with Crippen LogP contribution in [0, 0.1) is 0 Å². The van der Waals surface area contributed by atoms with E-state index in [4.69, 9.17) is 16.7 Å². The molecule has 0 radical (unpaired) electrons. The first-order valence-electron chi connectivity index (χ1n) is 6.01. The van der Waals surface area contributed by atoms with Crippen molar-refractivity contribution in [3.05, 3.63) is 39.9 Å². The first-order chi connectivity index (χ1) is 9.77. The molecule has 0 atom stereocenters. The molecular weight excluding hydrogens is 296 g/mol. The Hall–Kier alpha value is -2.34. The third-order valence-corrected chi connectivity index (χ3v) is 3.25. The largest absolute Gasteiger partial charge is 0.478 e. The van der Waals surface area contributed by atoms with Crippen LogP contribution in [0.25, 0.3) is 0 Å². The fourth-order valence-electron chi connectivity index (χ4n) is 1.47. The fraction of sp³-hybridized carbons (Fsp3) is 0.214. The number of carbonyl (C=O) groups excluding carboxylic acids is 2. The van der Waals surface area contributed by atoms with Crippen LogP contribution >= 0.6 is 11.6 Å². The Morgan fingerprint density at radius 2 is 1.76 bits per heavy atom. The molecule has 0 unspecified atom stereocenters. The van der Waals surface area contributed by atoms with Crippen molar-refractivity contribution in [2.75, 3.05) is 12.4 Å². The molecule has 1 rings (SSSR count). The minimum atomic E-state index is -1.16. The van der Waals surface area contributed by atoms with Gasteiger partial charge in [0.1, 0.15) is 0 Å². The highest BCUT2D eigenvalue weighted by Gasteiger charge is 2.14. The Morgan fingerprint density at radius 3 is 2.29 bits per heavy atom. The highest BCUT2D eigenvalue weighted by molar-refractivity contribution is 6.34. The highest BCUT2D eigenvalue weighted by atomic mass is 35.5. The van der Waals surface area contributed by atoms with E-state index < -0.39 is 11.9 Å². The van der Waals surface area contributed by atoms with E-state index in [-0.39, 0.29) is 27.6 Å². The number of aliphatic carboxylic acids is 1. The van der Waals surface area contributed by atoms with E-state index in [1.165, 1.54) is 39.1 Å². The van der Waals surface area contributed by atoms with Crippen LogP contribution in [0.5, 0.6) is 0 Å². The molecular formula is C14H15ClN2O4. The second-order valence-electron chi connectivity index (χ2n) is 4.28. The molecule has 3 N–H and O–H groups in total. The molecule has 1 aromatic carbocycles. The van der Waals surface area contributed by atoms with Crippen molar-refractivity contribution in [1.29, 1.82) is 0 Å². The monoisotopic (exact) mass is 310 g/mol. The molecule has 6 nitrogen and oxygen atoms in total. The summed E-state index contributed by atoms with van der Waals surface area (Å²) in [7, 11) is 1.47. The van der Waals surface area contributed by atoms with Gasteiger partial charge >= 0.3 is 5.97 Å². The summed E-state index contributed by atoms with van der Waals surface area (Å²) >= 11 is 5.90. The molecule has 21 heavy (non-hydrogen) atoms. The summed E-state index contributed by atoms with van der Waals surface area (Å²) in [6.07, 6.45) is 0. The summed E-state index contributed by atoms with van der Waals surface area (Å²) < 4.78 is 0. The number of hydrogen-bond donors (Lipinski definition) is 3. The lowest BCUT2D eigenvalue weighted by Gasteiger charge is -2.09. The van der Waals surface area contributed by atoms with Crippen molar-refractivity contribution in [2.45, 2.75) is 13.8 Å². The Labute approximate surface area is 126 Å². The van der Waals surface area contributed by atoms with Crippen molar-refractivity contribution < 1.29 is 19.5 Å². The average molecular weight is 311 g/mol. The van der Waals surface area contributed by atoms with Crippen LogP contribution in [0.4, 0.5) is 5.69 Å². The molecule has 0 bridgehead atoms. The SMILES string of the molecule is CNC(=O)c1cc(NC(=O)C(C)=C(C)C(=O)O)ccc1Cl. The zero-order valence-electron chi connectivity index (χ0n) is 11.8. The third kappa shape index (κ3) is 4.06. The van der Waals surface area contributed by atoms with Gasteiger partial charge in [0.25, 0.3) is 11.8 Å². The lowest BCUT2D eigenvalue weighted by atomic mass is 10.1. The van der Waals surface area contributed by atoms with Crippen LogP contribution in [-0.4, -0.2) is 29.9 Å². The van der Waals surface area contributed by atoms with E-state index in [1.54, 1.807) is 0 Å². The summed E-state index contributed by atoms with van der Waals surface area (Å²) in [5, 5.41) is 14.1. The first-order valence-corrected chi connectivity index (χ1v) is 6.39. The normalized spacial score (nSPS) is 11.4. The first kappa shape index (κ1) is 16.7. The molecule has 1 aromatic rings. The Bertz CT molecular complexity index is 638. The topological polar surface area (TPSA) is 95.5 Å². The quantitative estimate of drug-likeness (QED) is 0.742. The predicted octanol–water partition coefficient (Wildman–Crippen LogP) is 2.06. The molecule has 0 aliphatic rings. The second-order valence-corrected chi connectivity index (χ2v) is 4.69. The van der Waals surface area contributed by atoms with Crippen LogP contribution in [0.15, 0.2) is 29.3 Å². The van der Waals surface area contributed by atoms with Gasteiger partial charge in [0, 0.05) is 23.9 Å². The van der Waals surface area contributed by atoms with Gasteiger partial charge in [-0.1, -0.05) is 11.6 Å².